The van der Waals surface area contributed by atoms with Gasteiger partial charge < -0.3 is 9.47 Å². The van der Waals surface area contributed by atoms with Crippen LogP contribution in [0.2, 0.25) is 0 Å². The van der Waals surface area contributed by atoms with Crippen LogP contribution in [-0.4, -0.2) is 19.3 Å². The zero-order chi connectivity index (χ0) is 19.1. The van der Waals surface area contributed by atoms with Crippen LogP contribution in [0.15, 0.2) is 77.5 Å². The summed E-state index contributed by atoms with van der Waals surface area (Å²) in [4.78, 5) is 16.6. The van der Waals surface area contributed by atoms with Gasteiger partial charge in [-0.2, -0.15) is 5.26 Å². The molecule has 5 heteroatoms. The molecule has 2 aromatic rings. The Labute approximate surface area is 157 Å². The zero-order valence-corrected chi connectivity index (χ0v) is 14.8. The fraction of sp³-hybridized carbons (Fsp3) is 0.136. The first-order chi connectivity index (χ1) is 13.2. The lowest BCUT2D eigenvalue weighted by atomic mass is 10.0. The smallest absolute Gasteiger partial charge is 0.343 e. The molecule has 1 aliphatic rings. The third kappa shape index (κ3) is 4.93. The van der Waals surface area contributed by atoms with E-state index in [0.29, 0.717) is 29.1 Å². The van der Waals surface area contributed by atoms with Crippen molar-refractivity contribution in [3.05, 3.63) is 83.6 Å². The number of benzene rings is 2. The molecule has 0 saturated heterocycles. The number of nitriles is 1. The SMILES string of the molecule is COc1ccc(C(=O)OC2=CCC(/C=N/c3ccc(C#N)cc3)C=C2)cc1. The lowest BCUT2D eigenvalue weighted by Crippen LogP contribution is -2.08. The largest absolute Gasteiger partial charge is 0.497 e. The van der Waals surface area contributed by atoms with Crippen LogP contribution in [0.25, 0.3) is 0 Å². The molecule has 0 radical (unpaired) electrons. The van der Waals surface area contributed by atoms with E-state index in [1.54, 1.807) is 61.7 Å². The van der Waals surface area contributed by atoms with Gasteiger partial charge in [-0.15, -0.1) is 0 Å². The molecular weight excluding hydrogens is 340 g/mol. The Morgan fingerprint density at radius 2 is 1.93 bits per heavy atom. The van der Waals surface area contributed by atoms with Gasteiger partial charge in [0.1, 0.15) is 11.5 Å². The Morgan fingerprint density at radius 3 is 2.52 bits per heavy atom. The Kier molecular flexibility index (Phi) is 5.80. The molecule has 0 bridgehead atoms. The van der Waals surface area contributed by atoms with E-state index < -0.39 is 5.97 Å². The highest BCUT2D eigenvalue weighted by molar-refractivity contribution is 5.90. The molecule has 0 aliphatic heterocycles. The van der Waals surface area contributed by atoms with E-state index in [-0.39, 0.29) is 5.92 Å². The number of hydrogen-bond donors (Lipinski definition) is 0. The molecule has 0 N–H and O–H groups in total. The van der Waals surface area contributed by atoms with Crippen molar-refractivity contribution in [1.82, 2.24) is 0 Å². The topological polar surface area (TPSA) is 71.7 Å². The molecule has 1 atom stereocenters. The van der Waals surface area contributed by atoms with Gasteiger partial charge in [-0.25, -0.2) is 4.79 Å². The van der Waals surface area contributed by atoms with Crippen LogP contribution in [0.4, 0.5) is 5.69 Å². The van der Waals surface area contributed by atoms with E-state index in [9.17, 15) is 4.79 Å². The van der Waals surface area contributed by atoms with Crippen molar-refractivity contribution < 1.29 is 14.3 Å². The lowest BCUT2D eigenvalue weighted by molar-refractivity contribution is 0.0635. The highest BCUT2D eigenvalue weighted by Crippen LogP contribution is 2.20. The van der Waals surface area contributed by atoms with Crippen LogP contribution >= 0.6 is 0 Å². The monoisotopic (exact) mass is 358 g/mol. The van der Waals surface area contributed by atoms with Gasteiger partial charge in [0, 0.05) is 12.1 Å². The fourth-order valence-corrected chi connectivity index (χ4v) is 2.50. The second kappa shape index (κ2) is 8.63. The normalized spacial score (nSPS) is 15.9. The van der Waals surface area contributed by atoms with E-state index >= 15 is 0 Å². The van der Waals surface area contributed by atoms with Gasteiger partial charge >= 0.3 is 5.97 Å². The van der Waals surface area contributed by atoms with Crippen LogP contribution in [0.3, 0.4) is 0 Å². The molecule has 134 valence electrons. The molecule has 0 aromatic heterocycles. The number of carbonyl (C=O) groups is 1. The molecule has 3 rings (SSSR count). The summed E-state index contributed by atoms with van der Waals surface area (Å²) in [6, 6.07) is 15.9. The molecule has 0 spiro atoms. The predicted octanol–water partition coefficient (Wildman–Crippen LogP) is 4.59. The maximum absolute atomic E-state index is 12.2. The summed E-state index contributed by atoms with van der Waals surface area (Å²) < 4.78 is 10.5. The zero-order valence-electron chi connectivity index (χ0n) is 14.8. The van der Waals surface area contributed by atoms with Crippen LogP contribution in [0, 0.1) is 17.2 Å². The third-order valence-corrected chi connectivity index (χ3v) is 4.05. The van der Waals surface area contributed by atoms with E-state index in [4.69, 9.17) is 14.7 Å². The summed E-state index contributed by atoms with van der Waals surface area (Å²) in [5.41, 5.74) is 1.87. The van der Waals surface area contributed by atoms with Gasteiger partial charge in [-0.1, -0.05) is 6.08 Å². The minimum atomic E-state index is -0.404. The minimum Gasteiger partial charge on any atom is -0.497 e. The average Bonchev–Trinajstić information content (AvgIpc) is 2.73. The van der Waals surface area contributed by atoms with Crippen molar-refractivity contribution in [2.75, 3.05) is 7.11 Å². The Balaban J connectivity index is 1.54. The molecule has 1 aliphatic carbocycles. The van der Waals surface area contributed by atoms with Gasteiger partial charge in [-0.05, 0) is 67.1 Å². The van der Waals surface area contributed by atoms with E-state index in [2.05, 4.69) is 11.1 Å². The maximum Gasteiger partial charge on any atom is 0.343 e. The van der Waals surface area contributed by atoms with E-state index in [1.807, 2.05) is 18.4 Å². The standard InChI is InChI=1S/C22H18N2O3/c1-26-20-12-6-18(7-13-20)22(25)27-21-10-4-17(5-11-21)15-24-19-8-2-16(14-23)3-9-19/h2-4,6-13,15,17H,5H2,1H3/b24-15+. The van der Waals surface area contributed by atoms with E-state index in [1.165, 1.54) is 0 Å². The van der Waals surface area contributed by atoms with Crippen molar-refractivity contribution in [2.45, 2.75) is 6.42 Å². The van der Waals surface area contributed by atoms with Crippen molar-refractivity contribution in [1.29, 1.82) is 5.26 Å². The molecule has 0 fully saturated rings. The number of allylic oxidation sites excluding steroid dienone is 3. The van der Waals surface area contributed by atoms with Crippen LogP contribution in [-0.2, 0) is 4.74 Å². The van der Waals surface area contributed by atoms with E-state index in [0.717, 1.165) is 5.69 Å². The minimum absolute atomic E-state index is 0.129. The van der Waals surface area contributed by atoms with Gasteiger partial charge in [0.2, 0.25) is 0 Å². The number of aliphatic imine (C=N–C) groups is 1. The first-order valence-corrected chi connectivity index (χ1v) is 8.47. The maximum atomic E-state index is 12.2. The van der Waals surface area contributed by atoms with Crippen molar-refractivity contribution >= 4 is 17.9 Å². The quantitative estimate of drug-likeness (QED) is 0.579. The predicted molar refractivity (Wildman–Crippen MR) is 103 cm³/mol. The molecule has 1 unspecified atom stereocenters. The molecular formula is C22H18N2O3. The van der Waals surface area contributed by atoms with Gasteiger partial charge in [0.25, 0.3) is 0 Å². The Hall–Kier alpha value is -3.65. The number of carbonyl (C=O) groups excluding carboxylic acids is 1. The van der Waals surface area contributed by atoms with Gasteiger partial charge in [-0.3, -0.25) is 4.99 Å². The summed E-state index contributed by atoms with van der Waals surface area (Å²) in [5, 5.41) is 8.80. The number of hydrogen-bond acceptors (Lipinski definition) is 5. The second-order valence-electron chi connectivity index (χ2n) is 5.92. The molecule has 0 heterocycles. The molecule has 27 heavy (non-hydrogen) atoms. The number of esters is 1. The van der Waals surface area contributed by atoms with Crippen molar-refractivity contribution in [3.8, 4) is 11.8 Å². The van der Waals surface area contributed by atoms with Crippen molar-refractivity contribution in [3.63, 3.8) is 0 Å². The van der Waals surface area contributed by atoms with Crippen LogP contribution in [0.1, 0.15) is 22.3 Å². The summed E-state index contributed by atoms with van der Waals surface area (Å²) in [6.07, 6.45) is 8.14. The summed E-state index contributed by atoms with van der Waals surface area (Å²) in [5.74, 6) is 0.939. The van der Waals surface area contributed by atoms with Crippen molar-refractivity contribution in [2.24, 2.45) is 10.9 Å². The van der Waals surface area contributed by atoms with Gasteiger partial charge in [0.05, 0.1) is 30.0 Å². The molecule has 5 nitrogen and oxygen atoms in total. The summed E-state index contributed by atoms with van der Waals surface area (Å²) in [7, 11) is 1.58. The first kappa shape index (κ1) is 18.2. The lowest BCUT2D eigenvalue weighted by Gasteiger charge is -2.12. The highest BCUT2D eigenvalue weighted by Gasteiger charge is 2.12. The third-order valence-electron chi connectivity index (χ3n) is 4.05. The Morgan fingerprint density at radius 1 is 1.19 bits per heavy atom. The van der Waals surface area contributed by atoms with Crippen LogP contribution in [0.5, 0.6) is 5.75 Å². The highest BCUT2D eigenvalue weighted by atomic mass is 16.5. The molecule has 2 aromatic carbocycles. The summed E-state index contributed by atoms with van der Waals surface area (Å²) >= 11 is 0. The first-order valence-electron chi connectivity index (χ1n) is 8.47. The summed E-state index contributed by atoms with van der Waals surface area (Å²) in [6.45, 7) is 0. The van der Waals surface area contributed by atoms with Crippen LogP contribution < -0.4 is 4.74 Å². The molecule has 0 amide bonds. The molecule has 0 saturated carbocycles. The Bertz CT molecular complexity index is 933. The number of nitrogens with zero attached hydrogens (tertiary/aromatic N) is 2. The average molecular weight is 358 g/mol. The fourth-order valence-electron chi connectivity index (χ4n) is 2.50. The number of methoxy groups -OCH3 is 1. The second-order valence-corrected chi connectivity index (χ2v) is 5.92. The number of rotatable bonds is 5. The van der Waals surface area contributed by atoms with Gasteiger partial charge in [0.15, 0.2) is 0 Å². The number of ether oxygens (including phenoxy) is 2.